The van der Waals surface area contributed by atoms with Gasteiger partial charge >= 0.3 is 5.97 Å². The second kappa shape index (κ2) is 6.60. The largest absolute Gasteiger partial charge is 0.465 e. The number of nitrogens with zero attached hydrogens (tertiary/aromatic N) is 1. The van der Waals surface area contributed by atoms with Crippen molar-refractivity contribution < 1.29 is 14.3 Å². The number of methoxy groups -OCH3 is 1. The topological polar surface area (TPSA) is 46.6 Å². The predicted molar refractivity (Wildman–Crippen MR) is 83.8 cm³/mol. The van der Waals surface area contributed by atoms with Gasteiger partial charge < -0.3 is 9.64 Å². The summed E-state index contributed by atoms with van der Waals surface area (Å²) in [5.41, 5.74) is 1.50. The normalized spacial score (nSPS) is 18.4. The van der Waals surface area contributed by atoms with E-state index in [0.29, 0.717) is 30.4 Å². The van der Waals surface area contributed by atoms with Crippen LogP contribution >= 0.6 is 15.9 Å². The van der Waals surface area contributed by atoms with Crippen molar-refractivity contribution in [2.45, 2.75) is 26.8 Å². The lowest BCUT2D eigenvalue weighted by Gasteiger charge is -2.19. The minimum Gasteiger partial charge on any atom is -0.465 e. The zero-order valence-electron chi connectivity index (χ0n) is 12.6. The van der Waals surface area contributed by atoms with Gasteiger partial charge in [-0.05, 0) is 29.5 Å². The summed E-state index contributed by atoms with van der Waals surface area (Å²) in [7, 11) is 1.36. The van der Waals surface area contributed by atoms with Crippen molar-refractivity contribution in [2.24, 2.45) is 11.8 Å². The highest BCUT2D eigenvalue weighted by atomic mass is 79.9. The number of benzene rings is 1. The minimum absolute atomic E-state index is 0.206. The van der Waals surface area contributed by atoms with E-state index in [0.717, 1.165) is 16.6 Å². The van der Waals surface area contributed by atoms with E-state index in [1.54, 1.807) is 12.1 Å². The van der Waals surface area contributed by atoms with Crippen molar-refractivity contribution in [2.75, 3.05) is 13.7 Å². The molecule has 1 atom stereocenters. The Morgan fingerprint density at radius 3 is 2.71 bits per heavy atom. The zero-order valence-corrected chi connectivity index (χ0v) is 14.1. The molecular weight excluding hydrogens is 334 g/mol. The molecule has 114 valence electrons. The number of rotatable bonds is 4. The van der Waals surface area contributed by atoms with Gasteiger partial charge in [-0.1, -0.05) is 35.8 Å². The molecule has 0 bridgehead atoms. The summed E-state index contributed by atoms with van der Waals surface area (Å²) in [5, 5.41) is 0. The molecule has 0 spiro atoms. The monoisotopic (exact) mass is 353 g/mol. The third-order valence-electron chi connectivity index (χ3n) is 4.02. The molecule has 4 nitrogen and oxygen atoms in total. The number of likely N-dealkylation sites (tertiary alicyclic amines) is 1. The maximum absolute atomic E-state index is 12.1. The van der Waals surface area contributed by atoms with E-state index in [2.05, 4.69) is 29.8 Å². The van der Waals surface area contributed by atoms with Gasteiger partial charge in [-0.25, -0.2) is 4.79 Å². The van der Waals surface area contributed by atoms with Crippen molar-refractivity contribution in [1.82, 2.24) is 4.90 Å². The fraction of sp³-hybridized carbons (Fsp3) is 0.500. The van der Waals surface area contributed by atoms with Gasteiger partial charge in [0.25, 0.3) is 0 Å². The zero-order chi connectivity index (χ0) is 15.6. The number of carbonyl (C=O) groups excluding carboxylic acids is 2. The number of hydrogen-bond donors (Lipinski definition) is 0. The van der Waals surface area contributed by atoms with E-state index in [4.69, 9.17) is 4.74 Å². The van der Waals surface area contributed by atoms with E-state index in [-0.39, 0.29) is 11.9 Å². The summed E-state index contributed by atoms with van der Waals surface area (Å²) < 4.78 is 5.52. The van der Waals surface area contributed by atoms with Crippen molar-refractivity contribution in [3.05, 3.63) is 33.8 Å². The molecule has 1 unspecified atom stereocenters. The molecule has 1 aliphatic rings. The number of ether oxygens (including phenoxy) is 1. The molecule has 1 aliphatic heterocycles. The third kappa shape index (κ3) is 3.64. The second-order valence-electron chi connectivity index (χ2n) is 5.78. The first-order valence-electron chi connectivity index (χ1n) is 7.07. The first-order valence-corrected chi connectivity index (χ1v) is 7.86. The van der Waals surface area contributed by atoms with Crippen LogP contribution in [-0.2, 0) is 16.1 Å². The van der Waals surface area contributed by atoms with Crippen LogP contribution in [0.25, 0.3) is 0 Å². The van der Waals surface area contributed by atoms with Crippen LogP contribution < -0.4 is 0 Å². The number of hydrogen-bond acceptors (Lipinski definition) is 3. The molecule has 1 heterocycles. The van der Waals surface area contributed by atoms with Crippen molar-refractivity contribution >= 4 is 27.8 Å². The summed E-state index contributed by atoms with van der Waals surface area (Å²) in [6, 6.07) is 5.33. The Morgan fingerprint density at radius 1 is 1.48 bits per heavy atom. The van der Waals surface area contributed by atoms with Crippen LogP contribution in [0.5, 0.6) is 0 Å². The smallest absolute Gasteiger partial charge is 0.337 e. The average Bonchev–Trinajstić information content (AvgIpc) is 2.81. The Kier molecular flexibility index (Phi) is 5.04. The fourth-order valence-electron chi connectivity index (χ4n) is 2.53. The van der Waals surface area contributed by atoms with Crippen LogP contribution in [0.4, 0.5) is 0 Å². The van der Waals surface area contributed by atoms with Gasteiger partial charge in [0.05, 0.1) is 12.7 Å². The van der Waals surface area contributed by atoms with Crippen LogP contribution in [0.15, 0.2) is 22.7 Å². The second-order valence-corrected chi connectivity index (χ2v) is 6.63. The molecule has 2 rings (SSSR count). The molecule has 0 aliphatic carbocycles. The summed E-state index contributed by atoms with van der Waals surface area (Å²) in [5.74, 6) is 0.798. The number of esters is 1. The Balaban J connectivity index is 2.10. The standard InChI is InChI=1S/C16H20BrNO3/c1-10(2)13-7-15(19)18(9-13)8-12-5-4-11(6-14(12)17)16(20)21-3/h4-6,10,13H,7-9H2,1-3H3. The fourth-order valence-corrected chi connectivity index (χ4v) is 3.03. The first-order chi connectivity index (χ1) is 9.92. The van der Waals surface area contributed by atoms with Crippen molar-refractivity contribution in [3.63, 3.8) is 0 Å². The molecule has 21 heavy (non-hydrogen) atoms. The highest BCUT2D eigenvalue weighted by Crippen LogP contribution is 2.28. The van der Waals surface area contributed by atoms with E-state index in [1.165, 1.54) is 7.11 Å². The van der Waals surface area contributed by atoms with Crippen molar-refractivity contribution in [3.8, 4) is 0 Å². The molecule has 5 heteroatoms. The highest BCUT2D eigenvalue weighted by Gasteiger charge is 2.31. The quantitative estimate of drug-likeness (QED) is 0.780. The molecule has 1 fully saturated rings. The summed E-state index contributed by atoms with van der Waals surface area (Å²) in [4.78, 5) is 25.4. The van der Waals surface area contributed by atoms with Crippen LogP contribution in [0.1, 0.15) is 36.2 Å². The average molecular weight is 354 g/mol. The molecule has 0 N–H and O–H groups in total. The maximum Gasteiger partial charge on any atom is 0.337 e. The van der Waals surface area contributed by atoms with Gasteiger partial charge in [0.2, 0.25) is 5.91 Å². The summed E-state index contributed by atoms with van der Waals surface area (Å²) >= 11 is 3.47. The van der Waals surface area contributed by atoms with Gasteiger partial charge in [0.1, 0.15) is 0 Å². The predicted octanol–water partition coefficient (Wildman–Crippen LogP) is 3.24. The molecule has 0 aromatic heterocycles. The Bertz CT molecular complexity index is 556. The van der Waals surface area contributed by atoms with Gasteiger partial charge in [0, 0.05) is 24.0 Å². The van der Waals surface area contributed by atoms with Gasteiger partial charge in [-0.3, -0.25) is 4.79 Å². The molecule has 1 amide bonds. The van der Waals surface area contributed by atoms with Crippen LogP contribution in [0.3, 0.4) is 0 Å². The van der Waals surface area contributed by atoms with Gasteiger partial charge in [-0.15, -0.1) is 0 Å². The van der Waals surface area contributed by atoms with E-state index >= 15 is 0 Å². The SMILES string of the molecule is COC(=O)c1ccc(CN2CC(C(C)C)CC2=O)c(Br)c1. The van der Waals surface area contributed by atoms with Gasteiger partial charge in [0.15, 0.2) is 0 Å². The van der Waals surface area contributed by atoms with Crippen LogP contribution in [0, 0.1) is 11.8 Å². The molecule has 0 radical (unpaired) electrons. The van der Waals surface area contributed by atoms with E-state index < -0.39 is 0 Å². The third-order valence-corrected chi connectivity index (χ3v) is 4.76. The number of halogens is 1. The van der Waals surface area contributed by atoms with Crippen LogP contribution in [0.2, 0.25) is 0 Å². The molecule has 1 aromatic carbocycles. The lowest BCUT2D eigenvalue weighted by molar-refractivity contribution is -0.128. The van der Waals surface area contributed by atoms with Gasteiger partial charge in [-0.2, -0.15) is 0 Å². The maximum atomic E-state index is 12.1. The van der Waals surface area contributed by atoms with Crippen molar-refractivity contribution in [1.29, 1.82) is 0 Å². The minimum atomic E-state index is -0.362. The molecule has 1 saturated heterocycles. The Labute approximate surface area is 133 Å². The Hall–Kier alpha value is -1.36. The number of amides is 1. The lowest BCUT2D eigenvalue weighted by atomic mass is 9.95. The summed E-state index contributed by atoms with van der Waals surface area (Å²) in [6.07, 6.45) is 0.634. The lowest BCUT2D eigenvalue weighted by Crippen LogP contribution is -2.25. The molecule has 1 aromatic rings. The summed E-state index contributed by atoms with van der Waals surface area (Å²) in [6.45, 7) is 5.69. The highest BCUT2D eigenvalue weighted by molar-refractivity contribution is 9.10. The Morgan fingerprint density at radius 2 is 2.19 bits per heavy atom. The van der Waals surface area contributed by atoms with E-state index in [9.17, 15) is 9.59 Å². The van der Waals surface area contributed by atoms with E-state index in [1.807, 2.05) is 11.0 Å². The molecule has 0 saturated carbocycles. The number of carbonyl (C=O) groups is 2. The first kappa shape index (κ1) is 16.0. The van der Waals surface area contributed by atoms with Crippen LogP contribution in [-0.4, -0.2) is 30.4 Å². The molecular formula is C16H20BrNO3.